The molecule has 0 unspecified atom stereocenters. The highest BCUT2D eigenvalue weighted by atomic mass is 32.2. The van der Waals surface area contributed by atoms with Gasteiger partial charge in [0.1, 0.15) is 10.6 Å². The average Bonchev–Trinajstić information content (AvgIpc) is 2.72. The molecule has 0 aliphatic rings. The van der Waals surface area contributed by atoms with E-state index in [2.05, 4.69) is 0 Å². The minimum Gasteiger partial charge on any atom is -0.477 e. The molecule has 0 amide bonds. The molecular weight excluding hydrogens is 276 g/mol. The van der Waals surface area contributed by atoms with Crippen LogP contribution >= 0.6 is 0 Å². The standard InChI is InChI=1S/C10H16N2O6S/c1-11-7-8(6-9(11)10(15)16)19(17,18)12(2-4-13)3-5-14/h6-7,13-14H,2-5H2,1H3,(H,15,16). The lowest BCUT2D eigenvalue weighted by Gasteiger charge is -2.19. The first-order chi connectivity index (χ1) is 8.84. The number of carboxylic acids is 1. The molecule has 3 N–H and O–H groups in total. The fourth-order valence-corrected chi connectivity index (χ4v) is 3.11. The highest BCUT2D eigenvalue weighted by Gasteiger charge is 2.26. The Morgan fingerprint density at radius 2 is 1.84 bits per heavy atom. The molecule has 0 radical (unpaired) electrons. The molecule has 0 spiro atoms. The van der Waals surface area contributed by atoms with Gasteiger partial charge in [-0.25, -0.2) is 13.2 Å². The van der Waals surface area contributed by atoms with Gasteiger partial charge in [0.25, 0.3) is 0 Å². The fourth-order valence-electron chi connectivity index (χ4n) is 1.61. The van der Waals surface area contributed by atoms with E-state index in [4.69, 9.17) is 15.3 Å². The highest BCUT2D eigenvalue weighted by molar-refractivity contribution is 7.89. The minimum absolute atomic E-state index is 0.161. The van der Waals surface area contributed by atoms with E-state index in [9.17, 15) is 13.2 Å². The summed E-state index contributed by atoms with van der Waals surface area (Å²) in [7, 11) is -2.51. The summed E-state index contributed by atoms with van der Waals surface area (Å²) in [4.78, 5) is 10.7. The second-order valence-corrected chi connectivity index (χ2v) is 5.77. The topological polar surface area (TPSA) is 120 Å². The fraction of sp³-hybridized carbons (Fsp3) is 0.500. The zero-order chi connectivity index (χ0) is 14.6. The van der Waals surface area contributed by atoms with Crippen molar-refractivity contribution < 1.29 is 28.5 Å². The number of aromatic nitrogens is 1. The van der Waals surface area contributed by atoms with Crippen LogP contribution in [-0.4, -0.2) is 64.9 Å². The lowest BCUT2D eigenvalue weighted by Crippen LogP contribution is -2.35. The number of aliphatic hydroxyl groups is 2. The zero-order valence-electron chi connectivity index (χ0n) is 10.4. The Morgan fingerprint density at radius 1 is 1.32 bits per heavy atom. The Kier molecular flexibility index (Phi) is 5.06. The Bertz CT molecular complexity index is 544. The van der Waals surface area contributed by atoms with E-state index in [1.165, 1.54) is 17.8 Å². The van der Waals surface area contributed by atoms with Crippen molar-refractivity contribution in [3.8, 4) is 0 Å². The molecule has 108 valence electrons. The number of aromatic carboxylic acids is 1. The van der Waals surface area contributed by atoms with Gasteiger partial charge < -0.3 is 19.9 Å². The minimum atomic E-state index is -3.93. The summed E-state index contributed by atoms with van der Waals surface area (Å²) in [5.74, 6) is -1.24. The van der Waals surface area contributed by atoms with Crippen LogP contribution in [0.3, 0.4) is 0 Å². The van der Waals surface area contributed by atoms with Crippen LogP contribution in [0.4, 0.5) is 0 Å². The van der Waals surface area contributed by atoms with Crippen molar-refractivity contribution in [2.45, 2.75) is 4.90 Å². The van der Waals surface area contributed by atoms with Gasteiger partial charge in [-0.2, -0.15) is 4.31 Å². The van der Waals surface area contributed by atoms with Gasteiger partial charge in [-0.05, 0) is 6.07 Å². The van der Waals surface area contributed by atoms with Crippen molar-refractivity contribution in [2.24, 2.45) is 7.05 Å². The van der Waals surface area contributed by atoms with E-state index in [0.29, 0.717) is 0 Å². The number of nitrogens with zero attached hydrogens (tertiary/aromatic N) is 2. The molecule has 0 fully saturated rings. The van der Waals surface area contributed by atoms with Gasteiger partial charge in [0.05, 0.1) is 13.2 Å². The lowest BCUT2D eigenvalue weighted by molar-refractivity contribution is 0.0686. The van der Waals surface area contributed by atoms with Crippen molar-refractivity contribution >= 4 is 16.0 Å². The second kappa shape index (κ2) is 6.15. The molecule has 0 aliphatic carbocycles. The van der Waals surface area contributed by atoms with E-state index >= 15 is 0 Å². The Hall–Kier alpha value is -1.42. The molecule has 0 aliphatic heterocycles. The molecule has 9 heteroatoms. The number of carboxylic acid groups (broad SMARTS) is 1. The third-order valence-corrected chi connectivity index (χ3v) is 4.40. The number of carbonyl (C=O) groups is 1. The normalized spacial score (nSPS) is 12.0. The van der Waals surface area contributed by atoms with Crippen molar-refractivity contribution in [3.05, 3.63) is 18.0 Å². The Balaban J connectivity index is 3.17. The van der Waals surface area contributed by atoms with E-state index in [1.807, 2.05) is 0 Å². The first kappa shape index (κ1) is 15.6. The van der Waals surface area contributed by atoms with Crippen LogP contribution in [-0.2, 0) is 17.1 Å². The second-order valence-electron chi connectivity index (χ2n) is 3.83. The van der Waals surface area contributed by atoms with E-state index < -0.39 is 29.2 Å². The molecular formula is C10H16N2O6S. The van der Waals surface area contributed by atoms with Gasteiger partial charge in [0.2, 0.25) is 10.0 Å². The van der Waals surface area contributed by atoms with Gasteiger partial charge in [0.15, 0.2) is 0 Å². The molecule has 1 aromatic heterocycles. The van der Waals surface area contributed by atoms with Crippen molar-refractivity contribution in [1.29, 1.82) is 0 Å². The number of hydrogen-bond acceptors (Lipinski definition) is 5. The van der Waals surface area contributed by atoms with Crippen LogP contribution in [0.15, 0.2) is 17.2 Å². The summed E-state index contributed by atoms with van der Waals surface area (Å²) in [6.07, 6.45) is 1.18. The number of rotatable bonds is 7. The Labute approximate surface area is 110 Å². The molecule has 1 rings (SSSR count). The largest absolute Gasteiger partial charge is 0.477 e. The summed E-state index contributed by atoms with van der Waals surface area (Å²) in [5, 5.41) is 26.5. The van der Waals surface area contributed by atoms with E-state index in [1.54, 1.807) is 0 Å². The quantitative estimate of drug-likeness (QED) is 0.574. The average molecular weight is 292 g/mol. The predicted octanol–water partition coefficient (Wildman–Crippen LogP) is -1.30. The number of sulfonamides is 1. The van der Waals surface area contributed by atoms with Crippen LogP contribution in [0.5, 0.6) is 0 Å². The van der Waals surface area contributed by atoms with Crippen molar-refractivity contribution in [3.63, 3.8) is 0 Å². The van der Waals surface area contributed by atoms with E-state index in [-0.39, 0.29) is 23.7 Å². The molecule has 0 saturated carbocycles. The van der Waals surface area contributed by atoms with Crippen LogP contribution in [0.1, 0.15) is 10.5 Å². The maximum atomic E-state index is 12.2. The van der Waals surface area contributed by atoms with Gasteiger partial charge in [-0.1, -0.05) is 0 Å². The molecule has 19 heavy (non-hydrogen) atoms. The summed E-state index contributed by atoms with van der Waals surface area (Å²) in [6, 6.07) is 1.04. The number of hydrogen-bond donors (Lipinski definition) is 3. The number of aliphatic hydroxyl groups excluding tert-OH is 2. The van der Waals surface area contributed by atoms with Crippen LogP contribution in [0, 0.1) is 0 Å². The molecule has 1 aromatic rings. The Morgan fingerprint density at radius 3 is 2.21 bits per heavy atom. The smallest absolute Gasteiger partial charge is 0.352 e. The SMILES string of the molecule is Cn1cc(S(=O)(=O)N(CCO)CCO)cc1C(=O)O. The predicted molar refractivity (Wildman–Crippen MR) is 65.3 cm³/mol. The maximum Gasteiger partial charge on any atom is 0.352 e. The van der Waals surface area contributed by atoms with Gasteiger partial charge in [-0.15, -0.1) is 0 Å². The van der Waals surface area contributed by atoms with Crippen molar-refractivity contribution in [1.82, 2.24) is 8.87 Å². The molecule has 8 nitrogen and oxygen atoms in total. The monoisotopic (exact) mass is 292 g/mol. The molecule has 0 aromatic carbocycles. The third kappa shape index (κ3) is 3.32. The molecule has 1 heterocycles. The summed E-state index contributed by atoms with van der Waals surface area (Å²) in [5.41, 5.74) is -0.161. The van der Waals surface area contributed by atoms with Crippen LogP contribution in [0.25, 0.3) is 0 Å². The van der Waals surface area contributed by atoms with E-state index in [0.717, 1.165) is 10.4 Å². The summed E-state index contributed by atoms with van der Waals surface area (Å²) in [6.45, 7) is -1.11. The van der Waals surface area contributed by atoms with Crippen LogP contribution < -0.4 is 0 Å². The molecule has 0 bridgehead atoms. The van der Waals surface area contributed by atoms with Gasteiger partial charge in [-0.3, -0.25) is 0 Å². The summed E-state index contributed by atoms with van der Waals surface area (Å²) >= 11 is 0. The molecule has 0 atom stereocenters. The summed E-state index contributed by atoms with van der Waals surface area (Å²) < 4.78 is 26.5. The lowest BCUT2D eigenvalue weighted by atomic mass is 10.4. The van der Waals surface area contributed by atoms with Crippen molar-refractivity contribution in [2.75, 3.05) is 26.3 Å². The molecule has 0 saturated heterocycles. The maximum absolute atomic E-state index is 12.2. The highest BCUT2D eigenvalue weighted by Crippen LogP contribution is 2.18. The first-order valence-electron chi connectivity index (χ1n) is 5.46. The third-order valence-electron chi connectivity index (χ3n) is 2.54. The van der Waals surface area contributed by atoms with Gasteiger partial charge >= 0.3 is 5.97 Å². The van der Waals surface area contributed by atoms with Gasteiger partial charge in [0, 0.05) is 26.3 Å². The zero-order valence-corrected chi connectivity index (χ0v) is 11.2. The first-order valence-corrected chi connectivity index (χ1v) is 6.90. The van der Waals surface area contributed by atoms with Crippen LogP contribution in [0.2, 0.25) is 0 Å². The number of aryl methyl sites for hydroxylation is 1.